The Labute approximate surface area is 89.6 Å². The summed E-state index contributed by atoms with van der Waals surface area (Å²) in [7, 11) is 0. The summed E-state index contributed by atoms with van der Waals surface area (Å²) in [6.07, 6.45) is 3.11. The van der Waals surface area contributed by atoms with Crippen LogP contribution in [0.5, 0.6) is 0 Å². The van der Waals surface area contributed by atoms with Crippen molar-refractivity contribution in [2.45, 2.75) is 6.92 Å². The second-order valence-corrected chi connectivity index (χ2v) is 4.02. The van der Waals surface area contributed by atoms with Gasteiger partial charge in [-0.1, -0.05) is 11.3 Å². The number of aromatic amines is 1. The number of aryl methyl sites for hydroxylation is 1. The van der Waals surface area contributed by atoms with Crippen LogP contribution in [0.1, 0.15) is 20.9 Å². The molecule has 5 heteroatoms. The molecule has 2 aromatic heterocycles. The monoisotopic (exact) mass is 220 g/mol. The van der Waals surface area contributed by atoms with Crippen molar-refractivity contribution in [2.75, 3.05) is 0 Å². The maximum absolute atomic E-state index is 11.9. The van der Waals surface area contributed by atoms with Crippen molar-refractivity contribution in [3.05, 3.63) is 50.3 Å². The third kappa shape index (κ3) is 1.87. The van der Waals surface area contributed by atoms with E-state index in [9.17, 15) is 9.59 Å². The minimum atomic E-state index is -0.204. The third-order valence-electron chi connectivity index (χ3n) is 1.97. The van der Waals surface area contributed by atoms with Gasteiger partial charge in [0.05, 0.1) is 4.88 Å². The van der Waals surface area contributed by atoms with Gasteiger partial charge < -0.3 is 4.98 Å². The van der Waals surface area contributed by atoms with Gasteiger partial charge in [0.1, 0.15) is 0 Å². The zero-order valence-electron chi connectivity index (χ0n) is 7.98. The highest BCUT2D eigenvalue weighted by molar-refractivity contribution is 7.11. The van der Waals surface area contributed by atoms with Gasteiger partial charge in [-0.25, -0.2) is 0 Å². The lowest BCUT2D eigenvalue weighted by Crippen LogP contribution is -2.00. The van der Waals surface area contributed by atoms with Gasteiger partial charge in [-0.05, 0) is 19.1 Å². The second kappa shape index (κ2) is 3.78. The van der Waals surface area contributed by atoms with Gasteiger partial charge in [-0.2, -0.15) is 0 Å². The summed E-state index contributed by atoms with van der Waals surface area (Å²) in [6, 6.07) is 3.26. The Kier molecular flexibility index (Phi) is 2.47. The Hall–Kier alpha value is -1.75. The molecule has 0 amide bonds. The molecule has 1 N–H and O–H groups in total. The van der Waals surface area contributed by atoms with Crippen LogP contribution >= 0.6 is 11.3 Å². The number of pyridine rings is 1. The molecule has 0 aromatic carbocycles. The maximum atomic E-state index is 11.9. The Morgan fingerprint density at radius 1 is 1.40 bits per heavy atom. The molecule has 15 heavy (non-hydrogen) atoms. The van der Waals surface area contributed by atoms with Crippen LogP contribution in [-0.2, 0) is 0 Å². The van der Waals surface area contributed by atoms with Crippen molar-refractivity contribution in [3.8, 4) is 0 Å². The number of carbonyl (C=O) groups excluding carboxylic acids is 1. The van der Waals surface area contributed by atoms with Crippen LogP contribution in [0, 0.1) is 6.92 Å². The van der Waals surface area contributed by atoms with E-state index in [1.54, 1.807) is 31.5 Å². The lowest BCUT2D eigenvalue weighted by Gasteiger charge is -1.97. The number of nitrogens with zero attached hydrogens (tertiary/aromatic N) is 1. The van der Waals surface area contributed by atoms with Gasteiger partial charge in [-0.15, -0.1) is 0 Å². The average molecular weight is 220 g/mol. The molecule has 4 nitrogen and oxygen atoms in total. The van der Waals surface area contributed by atoms with Crippen LogP contribution in [0.25, 0.3) is 0 Å². The summed E-state index contributed by atoms with van der Waals surface area (Å²) < 4.78 is 0. The summed E-state index contributed by atoms with van der Waals surface area (Å²) in [5.41, 5.74) is 1.16. The molecule has 0 saturated carbocycles. The summed E-state index contributed by atoms with van der Waals surface area (Å²) >= 11 is 0.936. The van der Waals surface area contributed by atoms with E-state index in [0.717, 1.165) is 11.3 Å². The number of rotatable bonds is 2. The highest BCUT2D eigenvalue weighted by atomic mass is 32.1. The Morgan fingerprint density at radius 3 is 2.60 bits per heavy atom. The van der Waals surface area contributed by atoms with Crippen LogP contribution in [0.15, 0.2) is 29.3 Å². The van der Waals surface area contributed by atoms with Crippen molar-refractivity contribution in [2.24, 2.45) is 0 Å². The molecule has 2 heterocycles. The summed E-state index contributed by atoms with van der Waals surface area (Å²) in [5, 5.41) is 0. The summed E-state index contributed by atoms with van der Waals surface area (Å²) in [4.78, 5) is 29.6. The zero-order valence-corrected chi connectivity index (χ0v) is 8.80. The second-order valence-electron chi connectivity index (χ2n) is 3.03. The van der Waals surface area contributed by atoms with Crippen LogP contribution in [0.2, 0.25) is 0 Å². The number of aromatic nitrogens is 2. The number of hydrogen-bond acceptors (Lipinski definition) is 4. The Morgan fingerprint density at radius 2 is 2.07 bits per heavy atom. The SMILES string of the molecule is Cc1[nH]c(=O)sc1C(=O)c1ccncc1. The molecule has 0 atom stereocenters. The lowest BCUT2D eigenvalue weighted by atomic mass is 10.1. The fourth-order valence-electron chi connectivity index (χ4n) is 1.26. The number of thiazole rings is 1. The number of ketones is 1. The molecule has 0 aliphatic rings. The predicted molar refractivity (Wildman–Crippen MR) is 57.3 cm³/mol. The molecule has 0 bridgehead atoms. The van der Waals surface area contributed by atoms with Crippen molar-refractivity contribution in [1.82, 2.24) is 9.97 Å². The van der Waals surface area contributed by atoms with Gasteiger partial charge >= 0.3 is 4.87 Å². The van der Waals surface area contributed by atoms with E-state index in [0.29, 0.717) is 16.1 Å². The molecular weight excluding hydrogens is 212 g/mol. The number of nitrogens with one attached hydrogen (secondary N) is 1. The molecule has 0 radical (unpaired) electrons. The molecule has 0 saturated heterocycles. The first-order valence-electron chi connectivity index (χ1n) is 4.33. The minimum Gasteiger partial charge on any atom is -0.316 e. The average Bonchev–Trinajstić information content (AvgIpc) is 2.58. The van der Waals surface area contributed by atoms with Crippen LogP contribution < -0.4 is 4.87 Å². The topological polar surface area (TPSA) is 62.8 Å². The van der Waals surface area contributed by atoms with Crippen LogP contribution in [0.4, 0.5) is 0 Å². The van der Waals surface area contributed by atoms with E-state index in [-0.39, 0.29) is 10.7 Å². The largest absolute Gasteiger partial charge is 0.316 e. The van der Waals surface area contributed by atoms with E-state index in [1.807, 2.05) is 0 Å². The summed E-state index contributed by atoms with van der Waals surface area (Å²) in [5.74, 6) is -0.141. The van der Waals surface area contributed by atoms with Crippen molar-refractivity contribution >= 4 is 17.1 Å². The van der Waals surface area contributed by atoms with Gasteiger partial charge in [-0.3, -0.25) is 14.6 Å². The maximum Gasteiger partial charge on any atom is 0.305 e. The molecule has 0 fully saturated rings. The Bertz CT molecular complexity index is 542. The molecule has 0 aliphatic heterocycles. The van der Waals surface area contributed by atoms with Gasteiger partial charge in [0.2, 0.25) is 5.78 Å². The first-order valence-corrected chi connectivity index (χ1v) is 5.14. The van der Waals surface area contributed by atoms with E-state index in [1.165, 1.54) is 0 Å². The predicted octanol–water partition coefficient (Wildman–Crippen LogP) is 1.37. The van der Waals surface area contributed by atoms with Gasteiger partial charge in [0.25, 0.3) is 0 Å². The fourth-order valence-corrected chi connectivity index (χ4v) is 2.06. The van der Waals surface area contributed by atoms with Gasteiger partial charge in [0, 0.05) is 23.7 Å². The van der Waals surface area contributed by atoms with E-state index in [2.05, 4.69) is 9.97 Å². The molecule has 0 unspecified atom stereocenters. The molecule has 2 aromatic rings. The highest BCUT2D eigenvalue weighted by Gasteiger charge is 2.14. The molecule has 76 valence electrons. The molecule has 0 spiro atoms. The van der Waals surface area contributed by atoms with Crippen molar-refractivity contribution < 1.29 is 4.79 Å². The number of hydrogen-bond donors (Lipinski definition) is 1. The zero-order chi connectivity index (χ0) is 10.8. The van der Waals surface area contributed by atoms with Crippen molar-refractivity contribution in [3.63, 3.8) is 0 Å². The smallest absolute Gasteiger partial charge is 0.305 e. The van der Waals surface area contributed by atoms with Crippen molar-refractivity contribution in [1.29, 1.82) is 0 Å². The minimum absolute atomic E-state index is 0.141. The van der Waals surface area contributed by atoms with E-state index in [4.69, 9.17) is 0 Å². The normalized spacial score (nSPS) is 10.2. The Balaban J connectivity index is 2.46. The standard InChI is InChI=1S/C10H8N2O2S/c1-6-9(15-10(14)12-6)8(13)7-2-4-11-5-3-7/h2-5H,1H3,(H,12,14). The first kappa shape index (κ1) is 9.79. The number of H-pyrrole nitrogens is 1. The summed E-state index contributed by atoms with van der Waals surface area (Å²) in [6.45, 7) is 1.71. The quantitative estimate of drug-likeness (QED) is 0.777. The van der Waals surface area contributed by atoms with Gasteiger partial charge in [0.15, 0.2) is 0 Å². The van der Waals surface area contributed by atoms with E-state index < -0.39 is 0 Å². The van der Waals surface area contributed by atoms with Crippen LogP contribution in [0.3, 0.4) is 0 Å². The van der Waals surface area contributed by atoms with E-state index >= 15 is 0 Å². The third-order valence-corrected chi connectivity index (χ3v) is 2.96. The number of carbonyl (C=O) groups is 1. The highest BCUT2D eigenvalue weighted by Crippen LogP contribution is 2.13. The first-order chi connectivity index (χ1) is 7.18. The van der Waals surface area contributed by atoms with Crippen LogP contribution in [-0.4, -0.2) is 15.8 Å². The lowest BCUT2D eigenvalue weighted by molar-refractivity contribution is 0.104. The molecule has 2 rings (SSSR count). The fraction of sp³-hybridized carbons (Fsp3) is 0.100. The molecular formula is C10H8N2O2S. The molecule has 0 aliphatic carbocycles.